The summed E-state index contributed by atoms with van der Waals surface area (Å²) < 4.78 is 11.5. The van der Waals surface area contributed by atoms with Crippen molar-refractivity contribution in [3.8, 4) is 0 Å². The molecule has 3 rings (SSSR count). The minimum Gasteiger partial charge on any atom is -0.461 e. The summed E-state index contributed by atoms with van der Waals surface area (Å²) in [4.78, 5) is 6.86. The molecule has 6 nitrogen and oxygen atoms in total. The fraction of sp³-hybridized carbons (Fsp3) is 0.591. The minimum absolute atomic E-state index is 0. The lowest BCUT2D eigenvalue weighted by Gasteiger charge is -2.33. The molecule has 2 heterocycles. The van der Waals surface area contributed by atoms with Crippen LogP contribution in [-0.4, -0.2) is 62.8 Å². The van der Waals surface area contributed by atoms with E-state index in [0.717, 1.165) is 74.7 Å². The van der Waals surface area contributed by atoms with Crippen LogP contribution in [0, 0.1) is 0 Å². The first-order chi connectivity index (χ1) is 13.6. The Bertz CT molecular complexity index is 721. The van der Waals surface area contributed by atoms with Crippen LogP contribution in [0.1, 0.15) is 32.4 Å². The van der Waals surface area contributed by atoms with Crippen molar-refractivity contribution in [2.24, 2.45) is 4.99 Å². The summed E-state index contributed by atoms with van der Waals surface area (Å²) in [6.45, 7) is 9.02. The smallest absolute Gasteiger partial charge is 0.191 e. The maximum absolute atomic E-state index is 5.88. The van der Waals surface area contributed by atoms with Gasteiger partial charge in [0.15, 0.2) is 5.96 Å². The molecule has 2 N–H and O–H groups in total. The lowest BCUT2D eigenvalue weighted by atomic mass is 10.1. The number of nitrogens with one attached hydrogen (secondary N) is 2. The highest BCUT2D eigenvalue weighted by Crippen LogP contribution is 2.18. The molecule has 0 radical (unpaired) electrons. The number of hydrogen-bond donors (Lipinski definition) is 2. The molecular formula is C22H35IN4O2. The van der Waals surface area contributed by atoms with Gasteiger partial charge in [-0.1, -0.05) is 18.2 Å². The molecular weight excluding hydrogens is 479 g/mol. The summed E-state index contributed by atoms with van der Waals surface area (Å²) in [5.41, 5.74) is 0.950. The second-order valence-corrected chi connectivity index (χ2v) is 7.68. The van der Waals surface area contributed by atoms with E-state index >= 15 is 0 Å². The molecule has 0 unspecified atom stereocenters. The summed E-state index contributed by atoms with van der Waals surface area (Å²) in [5, 5.41) is 8.13. The van der Waals surface area contributed by atoms with E-state index in [-0.39, 0.29) is 24.0 Å². The quantitative estimate of drug-likeness (QED) is 0.320. The molecule has 0 aliphatic carbocycles. The van der Waals surface area contributed by atoms with E-state index in [4.69, 9.17) is 9.15 Å². The average molecular weight is 514 g/mol. The number of piperidine rings is 1. The van der Waals surface area contributed by atoms with E-state index in [1.807, 2.05) is 25.2 Å². The number of benzene rings is 1. The molecule has 1 aromatic heterocycles. The van der Waals surface area contributed by atoms with Gasteiger partial charge in [-0.15, -0.1) is 24.0 Å². The molecule has 0 bridgehead atoms. The van der Waals surface area contributed by atoms with Gasteiger partial charge in [0.1, 0.15) is 11.3 Å². The third-order valence-electron chi connectivity index (χ3n) is 5.15. The predicted octanol–water partition coefficient (Wildman–Crippen LogP) is 3.65. The van der Waals surface area contributed by atoms with Gasteiger partial charge in [0, 0.05) is 51.1 Å². The van der Waals surface area contributed by atoms with Gasteiger partial charge in [0.2, 0.25) is 0 Å². The van der Waals surface area contributed by atoms with Crippen molar-refractivity contribution in [3.05, 3.63) is 36.1 Å². The zero-order chi connectivity index (χ0) is 19.8. The van der Waals surface area contributed by atoms with Gasteiger partial charge >= 0.3 is 0 Å². The van der Waals surface area contributed by atoms with Crippen LogP contribution in [-0.2, 0) is 11.2 Å². The van der Waals surface area contributed by atoms with Crippen LogP contribution in [0.15, 0.2) is 39.7 Å². The minimum atomic E-state index is 0. The van der Waals surface area contributed by atoms with E-state index in [2.05, 4.69) is 46.5 Å². The Morgan fingerprint density at radius 1 is 1.28 bits per heavy atom. The van der Waals surface area contributed by atoms with E-state index in [9.17, 15) is 0 Å². The zero-order valence-corrected chi connectivity index (χ0v) is 20.1. The van der Waals surface area contributed by atoms with Gasteiger partial charge < -0.3 is 24.7 Å². The molecule has 1 saturated heterocycles. The first-order valence-electron chi connectivity index (χ1n) is 10.4. The van der Waals surface area contributed by atoms with Crippen molar-refractivity contribution in [3.63, 3.8) is 0 Å². The molecule has 162 valence electrons. The zero-order valence-electron chi connectivity index (χ0n) is 17.8. The van der Waals surface area contributed by atoms with E-state index in [1.165, 1.54) is 0 Å². The Kier molecular flexibility index (Phi) is 10.2. The van der Waals surface area contributed by atoms with E-state index < -0.39 is 0 Å². The highest BCUT2D eigenvalue weighted by Gasteiger charge is 2.19. The molecule has 29 heavy (non-hydrogen) atoms. The summed E-state index contributed by atoms with van der Waals surface area (Å²) in [7, 11) is 1.83. The third-order valence-corrected chi connectivity index (χ3v) is 5.15. The molecule has 0 amide bonds. The monoisotopic (exact) mass is 514 g/mol. The summed E-state index contributed by atoms with van der Waals surface area (Å²) in [5.74, 6) is 1.87. The Labute approximate surface area is 191 Å². The molecule has 0 saturated carbocycles. The van der Waals surface area contributed by atoms with Crippen LogP contribution in [0.3, 0.4) is 0 Å². The number of halogens is 1. The van der Waals surface area contributed by atoms with Gasteiger partial charge in [0.05, 0.1) is 12.7 Å². The number of guanidine groups is 1. The Balaban J connectivity index is 0.00000300. The average Bonchev–Trinajstić information content (AvgIpc) is 3.11. The van der Waals surface area contributed by atoms with Gasteiger partial charge in [-0.3, -0.25) is 4.99 Å². The van der Waals surface area contributed by atoms with Crippen molar-refractivity contribution in [2.45, 2.75) is 45.3 Å². The van der Waals surface area contributed by atoms with Crippen LogP contribution in [0.4, 0.5) is 0 Å². The standard InChI is InChI=1S/C22H34N4O2.HI/c1-17(2)27-15-14-26-12-9-19(10-13-26)25-22(23-3)24-11-8-20-16-18-6-4-5-7-21(18)28-20;/h4-7,16-17,19H,8-15H2,1-3H3,(H2,23,24,25);1H. The molecule has 1 fully saturated rings. The summed E-state index contributed by atoms with van der Waals surface area (Å²) in [6.07, 6.45) is 3.41. The highest BCUT2D eigenvalue weighted by molar-refractivity contribution is 14.0. The van der Waals surface area contributed by atoms with E-state index in [0.29, 0.717) is 12.1 Å². The Morgan fingerprint density at radius 3 is 2.72 bits per heavy atom. The number of rotatable bonds is 8. The first kappa shape index (κ1) is 24.0. The molecule has 1 aromatic carbocycles. The van der Waals surface area contributed by atoms with Crippen LogP contribution in [0.2, 0.25) is 0 Å². The van der Waals surface area contributed by atoms with E-state index in [1.54, 1.807) is 0 Å². The number of aliphatic imine (C=N–C) groups is 1. The number of para-hydroxylation sites is 1. The van der Waals surface area contributed by atoms with Crippen molar-refractivity contribution in [1.29, 1.82) is 0 Å². The predicted molar refractivity (Wildman–Crippen MR) is 130 cm³/mol. The number of fused-ring (bicyclic) bond motifs is 1. The highest BCUT2D eigenvalue weighted by atomic mass is 127. The molecule has 1 aliphatic rings. The SMILES string of the molecule is CN=C(NCCc1cc2ccccc2o1)NC1CCN(CCOC(C)C)CC1.I. The maximum Gasteiger partial charge on any atom is 0.191 e. The Hall–Kier alpha value is -1.32. The molecule has 0 spiro atoms. The second kappa shape index (κ2) is 12.4. The van der Waals surface area contributed by atoms with Crippen LogP contribution in [0.25, 0.3) is 11.0 Å². The van der Waals surface area contributed by atoms with Crippen molar-refractivity contribution in [1.82, 2.24) is 15.5 Å². The molecule has 7 heteroatoms. The number of likely N-dealkylation sites (tertiary alicyclic amines) is 1. The fourth-order valence-electron chi connectivity index (χ4n) is 3.57. The largest absolute Gasteiger partial charge is 0.461 e. The summed E-state index contributed by atoms with van der Waals surface area (Å²) >= 11 is 0. The fourth-order valence-corrected chi connectivity index (χ4v) is 3.57. The lowest BCUT2D eigenvalue weighted by molar-refractivity contribution is 0.0532. The lowest BCUT2D eigenvalue weighted by Crippen LogP contribution is -2.49. The first-order valence-corrected chi connectivity index (χ1v) is 10.4. The third kappa shape index (κ3) is 7.79. The van der Waals surface area contributed by atoms with Gasteiger partial charge in [-0.2, -0.15) is 0 Å². The van der Waals surface area contributed by atoms with Gasteiger partial charge in [0.25, 0.3) is 0 Å². The topological polar surface area (TPSA) is 62.0 Å². The number of nitrogens with zero attached hydrogens (tertiary/aromatic N) is 2. The Morgan fingerprint density at radius 2 is 2.03 bits per heavy atom. The number of furan rings is 1. The second-order valence-electron chi connectivity index (χ2n) is 7.68. The van der Waals surface area contributed by atoms with Gasteiger partial charge in [-0.05, 0) is 38.8 Å². The maximum atomic E-state index is 5.88. The number of hydrogen-bond acceptors (Lipinski definition) is 4. The van der Waals surface area contributed by atoms with Crippen LogP contribution >= 0.6 is 24.0 Å². The van der Waals surface area contributed by atoms with Crippen molar-refractivity contribution >= 4 is 40.9 Å². The normalized spacial score (nSPS) is 16.2. The van der Waals surface area contributed by atoms with Gasteiger partial charge in [-0.25, -0.2) is 0 Å². The summed E-state index contributed by atoms with van der Waals surface area (Å²) in [6, 6.07) is 10.7. The van der Waals surface area contributed by atoms with Crippen molar-refractivity contribution < 1.29 is 9.15 Å². The van der Waals surface area contributed by atoms with Crippen LogP contribution in [0.5, 0.6) is 0 Å². The van der Waals surface area contributed by atoms with Crippen molar-refractivity contribution in [2.75, 3.05) is 39.8 Å². The van der Waals surface area contributed by atoms with Crippen LogP contribution < -0.4 is 10.6 Å². The molecule has 2 aromatic rings. The molecule has 0 atom stereocenters. The number of ether oxygens (including phenoxy) is 1. The molecule has 1 aliphatic heterocycles.